The van der Waals surface area contributed by atoms with Crippen molar-refractivity contribution in [2.75, 3.05) is 18.6 Å². The summed E-state index contributed by atoms with van der Waals surface area (Å²) in [6, 6.07) is 3.40. The number of hydrogen-bond acceptors (Lipinski definition) is 7. The molecule has 1 amide bonds. The number of amides is 1. The molecular weight excluding hydrogens is 266 g/mol. The largest absolute Gasteiger partial charge is 0.469 e. The Hall–Kier alpha value is -2.64. The van der Waals surface area contributed by atoms with E-state index in [1.807, 2.05) is 0 Å². The van der Waals surface area contributed by atoms with E-state index in [4.69, 9.17) is 8.83 Å². The highest BCUT2D eigenvalue weighted by Gasteiger charge is 2.38. The summed E-state index contributed by atoms with van der Waals surface area (Å²) in [4.78, 5) is 24.6. The minimum atomic E-state index is -0.508. The van der Waals surface area contributed by atoms with Crippen LogP contribution >= 0.6 is 0 Å². The van der Waals surface area contributed by atoms with Gasteiger partial charge in [0, 0.05) is 13.0 Å². The Morgan fingerprint density at radius 3 is 3.05 bits per heavy atom. The van der Waals surface area contributed by atoms with E-state index in [1.54, 1.807) is 12.1 Å². The van der Waals surface area contributed by atoms with Crippen molar-refractivity contribution in [1.29, 1.82) is 0 Å². The van der Waals surface area contributed by atoms with Crippen LogP contribution in [0, 0.1) is 5.92 Å². The molecule has 0 N–H and O–H groups in total. The fourth-order valence-electron chi connectivity index (χ4n) is 2.04. The van der Waals surface area contributed by atoms with Crippen LogP contribution in [0.3, 0.4) is 0 Å². The van der Waals surface area contributed by atoms with Crippen LogP contribution in [0.5, 0.6) is 0 Å². The van der Waals surface area contributed by atoms with Gasteiger partial charge in [0.2, 0.25) is 5.91 Å². The van der Waals surface area contributed by atoms with E-state index >= 15 is 0 Å². The number of furan rings is 1. The van der Waals surface area contributed by atoms with Crippen molar-refractivity contribution in [2.24, 2.45) is 5.92 Å². The van der Waals surface area contributed by atoms with Gasteiger partial charge in [-0.25, -0.2) is 0 Å². The fraction of sp³-hybridized carbons (Fsp3) is 0.333. The lowest BCUT2D eigenvalue weighted by Gasteiger charge is -2.09. The van der Waals surface area contributed by atoms with Gasteiger partial charge in [-0.1, -0.05) is 5.10 Å². The number of nitrogens with zero attached hydrogens (tertiary/aromatic N) is 3. The quantitative estimate of drug-likeness (QED) is 0.767. The van der Waals surface area contributed by atoms with E-state index in [2.05, 4.69) is 14.9 Å². The molecule has 3 rings (SSSR count). The summed E-state index contributed by atoms with van der Waals surface area (Å²) in [7, 11) is 1.29. The number of methoxy groups -OCH3 is 1. The Morgan fingerprint density at radius 1 is 1.50 bits per heavy atom. The van der Waals surface area contributed by atoms with Gasteiger partial charge < -0.3 is 13.6 Å². The number of rotatable bonds is 3. The maximum atomic E-state index is 11.9. The topological polar surface area (TPSA) is 98.7 Å². The predicted octanol–water partition coefficient (Wildman–Crippen LogP) is 0.856. The summed E-state index contributed by atoms with van der Waals surface area (Å²) in [6.07, 6.45) is 1.55. The smallest absolute Gasteiger partial charge is 0.325 e. The molecule has 1 saturated heterocycles. The van der Waals surface area contributed by atoms with Gasteiger partial charge >= 0.3 is 12.0 Å². The molecule has 0 spiro atoms. The fourth-order valence-corrected chi connectivity index (χ4v) is 2.04. The van der Waals surface area contributed by atoms with Crippen LogP contribution in [0.4, 0.5) is 6.01 Å². The first-order valence-electron chi connectivity index (χ1n) is 5.94. The lowest BCUT2D eigenvalue weighted by Crippen LogP contribution is -2.26. The number of aromatic nitrogens is 2. The molecule has 1 atom stereocenters. The van der Waals surface area contributed by atoms with Crippen molar-refractivity contribution in [1.82, 2.24) is 10.2 Å². The number of carbonyl (C=O) groups excluding carboxylic acids is 2. The zero-order valence-electron chi connectivity index (χ0n) is 10.6. The number of carbonyl (C=O) groups is 2. The molecule has 1 aliphatic rings. The van der Waals surface area contributed by atoms with E-state index in [1.165, 1.54) is 18.3 Å². The van der Waals surface area contributed by atoms with Crippen molar-refractivity contribution < 1.29 is 23.2 Å². The summed E-state index contributed by atoms with van der Waals surface area (Å²) < 4.78 is 15.1. The van der Waals surface area contributed by atoms with Crippen LogP contribution in [0.25, 0.3) is 11.7 Å². The Labute approximate surface area is 113 Å². The molecule has 0 saturated carbocycles. The third kappa shape index (κ3) is 2.04. The predicted molar refractivity (Wildman–Crippen MR) is 64.5 cm³/mol. The van der Waals surface area contributed by atoms with Gasteiger partial charge in [-0.2, -0.15) is 0 Å². The first-order chi connectivity index (χ1) is 9.69. The van der Waals surface area contributed by atoms with Crippen LogP contribution in [0.2, 0.25) is 0 Å². The van der Waals surface area contributed by atoms with Crippen LogP contribution in [0.1, 0.15) is 6.42 Å². The second-order valence-electron chi connectivity index (χ2n) is 4.30. The average Bonchev–Trinajstić information content (AvgIpc) is 3.16. The molecule has 1 aliphatic heterocycles. The normalized spacial score (nSPS) is 18.6. The molecule has 1 fully saturated rings. The molecule has 8 nitrogen and oxygen atoms in total. The van der Waals surface area contributed by atoms with Gasteiger partial charge in [-0.05, 0) is 12.1 Å². The highest BCUT2D eigenvalue weighted by Crippen LogP contribution is 2.27. The van der Waals surface area contributed by atoms with Crippen LogP contribution < -0.4 is 4.90 Å². The zero-order chi connectivity index (χ0) is 14.1. The van der Waals surface area contributed by atoms with E-state index in [0.717, 1.165) is 0 Å². The third-order valence-electron chi connectivity index (χ3n) is 3.04. The maximum absolute atomic E-state index is 11.9. The second-order valence-corrected chi connectivity index (χ2v) is 4.30. The summed E-state index contributed by atoms with van der Waals surface area (Å²) in [5.74, 6) is -0.590. The number of anilines is 1. The highest BCUT2D eigenvalue weighted by atomic mass is 16.5. The standard InChI is InChI=1S/C12H11N3O5/c1-18-11(17)7-5-9(16)15(6-7)12-14-13-10(20-12)8-3-2-4-19-8/h2-4,7H,5-6H2,1H3. The molecule has 20 heavy (non-hydrogen) atoms. The van der Waals surface area contributed by atoms with Crippen molar-refractivity contribution in [2.45, 2.75) is 6.42 Å². The molecule has 0 aliphatic carbocycles. The lowest BCUT2D eigenvalue weighted by atomic mass is 10.1. The minimum absolute atomic E-state index is 0.0489. The number of ether oxygens (including phenoxy) is 1. The Balaban J connectivity index is 1.80. The van der Waals surface area contributed by atoms with Crippen LogP contribution in [0.15, 0.2) is 27.2 Å². The second kappa shape index (κ2) is 4.80. The Kier molecular flexibility index (Phi) is 2.97. The van der Waals surface area contributed by atoms with Gasteiger partial charge in [-0.3, -0.25) is 14.5 Å². The molecule has 104 valence electrons. The summed E-state index contributed by atoms with van der Waals surface area (Å²) in [5.41, 5.74) is 0. The molecule has 0 bridgehead atoms. The lowest BCUT2D eigenvalue weighted by molar-refractivity contribution is -0.145. The number of esters is 1. The highest BCUT2D eigenvalue weighted by molar-refractivity contribution is 5.97. The molecule has 8 heteroatoms. The molecule has 0 radical (unpaired) electrons. The average molecular weight is 277 g/mol. The molecule has 0 aromatic carbocycles. The molecule has 2 aromatic heterocycles. The molecule has 3 heterocycles. The van der Waals surface area contributed by atoms with Crippen LogP contribution in [-0.2, 0) is 14.3 Å². The number of hydrogen-bond donors (Lipinski definition) is 0. The molecule has 1 unspecified atom stereocenters. The first kappa shape index (κ1) is 12.4. The third-order valence-corrected chi connectivity index (χ3v) is 3.04. The SMILES string of the molecule is COC(=O)C1CC(=O)N(c2nnc(-c3ccco3)o2)C1. The molecular formula is C12H11N3O5. The van der Waals surface area contributed by atoms with E-state index in [-0.39, 0.29) is 30.8 Å². The maximum Gasteiger partial charge on any atom is 0.325 e. The van der Waals surface area contributed by atoms with E-state index in [9.17, 15) is 9.59 Å². The summed E-state index contributed by atoms with van der Waals surface area (Å²) >= 11 is 0. The van der Waals surface area contributed by atoms with E-state index < -0.39 is 11.9 Å². The summed E-state index contributed by atoms with van der Waals surface area (Å²) in [6.45, 7) is 0.172. The van der Waals surface area contributed by atoms with Gasteiger partial charge in [0.1, 0.15) is 0 Å². The van der Waals surface area contributed by atoms with Crippen molar-refractivity contribution in [3.8, 4) is 11.7 Å². The zero-order valence-corrected chi connectivity index (χ0v) is 10.6. The van der Waals surface area contributed by atoms with E-state index in [0.29, 0.717) is 5.76 Å². The van der Waals surface area contributed by atoms with Gasteiger partial charge in [-0.15, -0.1) is 5.10 Å². The first-order valence-corrected chi connectivity index (χ1v) is 5.94. The Bertz CT molecular complexity index is 633. The molecule has 2 aromatic rings. The monoisotopic (exact) mass is 277 g/mol. The van der Waals surface area contributed by atoms with Gasteiger partial charge in [0.15, 0.2) is 5.76 Å². The Morgan fingerprint density at radius 2 is 2.35 bits per heavy atom. The van der Waals surface area contributed by atoms with Gasteiger partial charge in [0.25, 0.3) is 5.89 Å². The minimum Gasteiger partial charge on any atom is -0.469 e. The van der Waals surface area contributed by atoms with Gasteiger partial charge in [0.05, 0.1) is 19.3 Å². The van der Waals surface area contributed by atoms with Crippen LogP contribution in [-0.4, -0.2) is 35.7 Å². The van der Waals surface area contributed by atoms with Crippen molar-refractivity contribution in [3.63, 3.8) is 0 Å². The summed E-state index contributed by atoms with van der Waals surface area (Å²) in [5, 5.41) is 7.61. The van der Waals surface area contributed by atoms with Crippen molar-refractivity contribution in [3.05, 3.63) is 18.4 Å². The van der Waals surface area contributed by atoms with Crippen molar-refractivity contribution >= 4 is 17.9 Å².